The Morgan fingerprint density at radius 3 is 2.26 bits per heavy atom. The summed E-state index contributed by atoms with van der Waals surface area (Å²) in [6.07, 6.45) is 0. The number of nitrogens with zero attached hydrogens (tertiary/aromatic N) is 1. The smallest absolute Gasteiger partial charge is 0.259 e. The van der Waals surface area contributed by atoms with Gasteiger partial charge in [-0.1, -0.05) is 22.5 Å². The number of ether oxygens (including phenoxy) is 1. The molecular weight excluding hydrogens is 434 g/mol. The van der Waals surface area contributed by atoms with E-state index < -0.39 is 10.0 Å². The molecule has 0 aliphatic heterocycles. The number of halogens is 1. The third-order valence-electron chi connectivity index (χ3n) is 3.52. The Kier molecular flexibility index (Phi) is 7.00. The number of hydrazine groups is 1. The molecule has 0 bridgehead atoms. The van der Waals surface area contributed by atoms with Crippen LogP contribution in [0.15, 0.2) is 64.5 Å². The minimum Gasteiger partial charge on any atom is -0.484 e. The SMILES string of the molecule is C=C(NNS(=O)(=O)c1ccc(Br)cc1)c1ccc(OCC(=O)N(C)C)cc1. The van der Waals surface area contributed by atoms with E-state index in [9.17, 15) is 13.2 Å². The third kappa shape index (κ3) is 6.09. The normalized spacial score (nSPS) is 10.9. The quantitative estimate of drug-likeness (QED) is 0.599. The number of amides is 1. The Hall–Kier alpha value is -2.36. The summed E-state index contributed by atoms with van der Waals surface area (Å²) in [7, 11) is -0.419. The number of likely N-dealkylation sites (N-methyl/N-ethyl adjacent to an activating group) is 1. The summed E-state index contributed by atoms with van der Waals surface area (Å²) >= 11 is 3.26. The summed E-state index contributed by atoms with van der Waals surface area (Å²) in [6, 6.07) is 13.0. The van der Waals surface area contributed by atoms with Crippen LogP contribution in [0.25, 0.3) is 5.70 Å². The first-order valence-corrected chi connectivity index (χ1v) is 10.1. The van der Waals surface area contributed by atoms with Crippen LogP contribution in [0.5, 0.6) is 5.75 Å². The van der Waals surface area contributed by atoms with Crippen LogP contribution in [0, 0.1) is 0 Å². The zero-order valence-electron chi connectivity index (χ0n) is 14.9. The average molecular weight is 454 g/mol. The molecule has 2 N–H and O–H groups in total. The topological polar surface area (TPSA) is 87.7 Å². The number of rotatable bonds is 8. The molecule has 0 saturated heterocycles. The van der Waals surface area contributed by atoms with Crippen molar-refractivity contribution in [3.63, 3.8) is 0 Å². The van der Waals surface area contributed by atoms with E-state index in [4.69, 9.17) is 4.74 Å². The highest BCUT2D eigenvalue weighted by Gasteiger charge is 2.14. The van der Waals surface area contributed by atoms with Crippen molar-refractivity contribution in [2.75, 3.05) is 20.7 Å². The molecule has 2 aromatic rings. The summed E-state index contributed by atoms with van der Waals surface area (Å²) in [4.78, 5) is 15.4. The second-order valence-electron chi connectivity index (χ2n) is 5.76. The molecule has 0 radical (unpaired) electrons. The molecule has 0 aliphatic carbocycles. The van der Waals surface area contributed by atoms with Crippen molar-refractivity contribution < 1.29 is 17.9 Å². The molecule has 0 atom stereocenters. The van der Waals surface area contributed by atoms with Crippen molar-refractivity contribution in [1.82, 2.24) is 15.2 Å². The minimum atomic E-state index is -3.72. The van der Waals surface area contributed by atoms with Crippen molar-refractivity contribution in [3.05, 3.63) is 65.1 Å². The first-order chi connectivity index (χ1) is 12.7. The van der Waals surface area contributed by atoms with Crippen LogP contribution < -0.4 is 15.0 Å². The molecule has 0 spiro atoms. The van der Waals surface area contributed by atoms with Gasteiger partial charge in [-0.25, -0.2) is 8.42 Å². The van der Waals surface area contributed by atoms with Crippen LogP contribution in [0.3, 0.4) is 0 Å². The minimum absolute atomic E-state index is 0.0570. The Morgan fingerprint density at radius 1 is 1.11 bits per heavy atom. The summed E-state index contributed by atoms with van der Waals surface area (Å²) < 4.78 is 30.7. The van der Waals surface area contributed by atoms with E-state index in [0.717, 1.165) is 4.47 Å². The van der Waals surface area contributed by atoms with Crippen molar-refractivity contribution in [2.24, 2.45) is 0 Å². The maximum Gasteiger partial charge on any atom is 0.259 e. The molecule has 2 rings (SSSR count). The van der Waals surface area contributed by atoms with Gasteiger partial charge in [-0.15, -0.1) is 4.83 Å². The molecule has 0 unspecified atom stereocenters. The van der Waals surface area contributed by atoms with Gasteiger partial charge in [0.2, 0.25) is 0 Å². The highest BCUT2D eigenvalue weighted by molar-refractivity contribution is 9.10. The van der Waals surface area contributed by atoms with Crippen LogP contribution in [0.4, 0.5) is 0 Å². The number of carbonyl (C=O) groups excluding carboxylic acids is 1. The summed E-state index contributed by atoms with van der Waals surface area (Å²) in [5.74, 6) is 0.379. The van der Waals surface area contributed by atoms with Crippen LogP contribution in [-0.4, -0.2) is 39.9 Å². The van der Waals surface area contributed by atoms with E-state index >= 15 is 0 Å². The van der Waals surface area contributed by atoms with Gasteiger partial charge >= 0.3 is 0 Å². The van der Waals surface area contributed by atoms with Crippen LogP contribution in [0.1, 0.15) is 5.56 Å². The molecule has 27 heavy (non-hydrogen) atoms. The van der Waals surface area contributed by atoms with Gasteiger partial charge in [0, 0.05) is 24.3 Å². The zero-order valence-corrected chi connectivity index (χ0v) is 17.3. The van der Waals surface area contributed by atoms with Crippen molar-refractivity contribution in [2.45, 2.75) is 4.90 Å². The van der Waals surface area contributed by atoms with Crippen molar-refractivity contribution in [1.29, 1.82) is 0 Å². The van der Waals surface area contributed by atoms with E-state index in [1.165, 1.54) is 17.0 Å². The molecule has 0 fully saturated rings. The fraction of sp³-hybridized carbons (Fsp3) is 0.167. The highest BCUT2D eigenvalue weighted by atomic mass is 79.9. The largest absolute Gasteiger partial charge is 0.484 e. The molecule has 0 saturated carbocycles. The lowest BCUT2D eigenvalue weighted by molar-refractivity contribution is -0.130. The van der Waals surface area contributed by atoms with E-state index in [0.29, 0.717) is 17.0 Å². The predicted octanol–water partition coefficient (Wildman–Crippen LogP) is 2.37. The lowest BCUT2D eigenvalue weighted by Gasteiger charge is -2.13. The van der Waals surface area contributed by atoms with Gasteiger partial charge in [0.05, 0.1) is 4.90 Å². The maximum absolute atomic E-state index is 12.3. The Balaban J connectivity index is 1.94. The molecule has 0 aliphatic rings. The summed E-state index contributed by atoms with van der Waals surface area (Å²) in [6.45, 7) is 3.76. The maximum atomic E-state index is 12.3. The molecular formula is C18H20BrN3O4S. The number of benzene rings is 2. The number of carbonyl (C=O) groups is 1. The molecule has 7 nitrogen and oxygen atoms in total. The molecule has 1 amide bonds. The van der Waals surface area contributed by atoms with E-state index in [-0.39, 0.29) is 17.4 Å². The van der Waals surface area contributed by atoms with Crippen molar-refractivity contribution >= 4 is 37.6 Å². The summed E-state index contributed by atoms with van der Waals surface area (Å²) in [5, 5.41) is 0. The second kappa shape index (κ2) is 9.03. The van der Waals surface area contributed by atoms with Gasteiger partial charge in [0.25, 0.3) is 15.9 Å². The van der Waals surface area contributed by atoms with E-state index in [2.05, 4.69) is 32.8 Å². The fourth-order valence-corrected chi connectivity index (χ4v) is 3.03. The fourth-order valence-electron chi connectivity index (χ4n) is 1.90. The van der Waals surface area contributed by atoms with Gasteiger partial charge in [-0.2, -0.15) is 0 Å². The highest BCUT2D eigenvalue weighted by Crippen LogP contribution is 2.17. The van der Waals surface area contributed by atoms with Gasteiger partial charge in [-0.05, 0) is 54.1 Å². The molecule has 144 valence electrons. The molecule has 0 heterocycles. The standard InChI is InChI=1S/C18H20BrN3O4S/c1-13(20-21-27(24,25)17-10-6-15(19)7-11-17)14-4-8-16(9-5-14)26-12-18(23)22(2)3/h4-11,20-21H,1,12H2,2-3H3. The van der Waals surface area contributed by atoms with Crippen LogP contribution in [-0.2, 0) is 14.8 Å². The average Bonchev–Trinajstić information content (AvgIpc) is 2.65. The monoisotopic (exact) mass is 453 g/mol. The number of hydrogen-bond donors (Lipinski definition) is 2. The second-order valence-corrected chi connectivity index (χ2v) is 8.36. The Bertz CT molecular complexity index is 911. The Morgan fingerprint density at radius 2 is 1.70 bits per heavy atom. The van der Waals surface area contributed by atoms with E-state index in [1.807, 2.05) is 0 Å². The third-order valence-corrected chi connectivity index (χ3v) is 5.32. The van der Waals surface area contributed by atoms with E-state index in [1.54, 1.807) is 50.5 Å². The lowest BCUT2D eigenvalue weighted by atomic mass is 10.2. The van der Waals surface area contributed by atoms with Gasteiger partial charge < -0.3 is 15.1 Å². The van der Waals surface area contributed by atoms with Crippen LogP contribution in [0.2, 0.25) is 0 Å². The predicted molar refractivity (Wildman–Crippen MR) is 107 cm³/mol. The first kappa shape index (κ1) is 20.9. The summed E-state index contributed by atoms with van der Waals surface area (Å²) in [5.41, 5.74) is 3.62. The van der Waals surface area contributed by atoms with Crippen molar-refractivity contribution in [3.8, 4) is 5.75 Å². The molecule has 2 aromatic carbocycles. The number of sulfonamides is 1. The number of nitrogens with one attached hydrogen (secondary N) is 2. The molecule has 9 heteroatoms. The lowest BCUT2D eigenvalue weighted by Crippen LogP contribution is -2.35. The van der Waals surface area contributed by atoms with Gasteiger partial charge in [-0.3, -0.25) is 4.79 Å². The number of hydrogen-bond acceptors (Lipinski definition) is 5. The van der Waals surface area contributed by atoms with Crippen LogP contribution >= 0.6 is 15.9 Å². The molecule has 0 aromatic heterocycles. The zero-order chi connectivity index (χ0) is 20.0. The first-order valence-electron chi connectivity index (χ1n) is 7.85. The van der Waals surface area contributed by atoms with Gasteiger partial charge in [0.1, 0.15) is 5.75 Å². The Labute approximate surface area is 167 Å². The van der Waals surface area contributed by atoms with Gasteiger partial charge in [0.15, 0.2) is 6.61 Å².